The Balaban J connectivity index is 2.93. The van der Waals surface area contributed by atoms with Crippen LogP contribution in [0.4, 0.5) is 4.79 Å². The highest BCUT2D eigenvalue weighted by Gasteiger charge is 2.20. The summed E-state index contributed by atoms with van der Waals surface area (Å²) in [5.41, 5.74) is -0.601. The molecule has 0 saturated carbocycles. The van der Waals surface area contributed by atoms with Crippen LogP contribution in [-0.2, 0) is 9.53 Å². The molecule has 0 fully saturated rings. The lowest BCUT2D eigenvalue weighted by Crippen LogP contribution is -2.26. The van der Waals surface area contributed by atoms with Crippen LogP contribution in [0.2, 0.25) is 0 Å². The SMILES string of the molecule is C=C(C(=O)O)c1ccccc1OC(=O)OC(C)(C)C. The number of ether oxygens (including phenoxy) is 2. The molecular formula is C14H16O5. The fourth-order valence-electron chi connectivity index (χ4n) is 1.28. The normalized spacial score (nSPS) is 10.7. The molecule has 5 heteroatoms. The third-order valence-corrected chi connectivity index (χ3v) is 2.05. The maximum absolute atomic E-state index is 11.6. The van der Waals surface area contributed by atoms with Crippen molar-refractivity contribution in [3.63, 3.8) is 0 Å². The minimum atomic E-state index is -1.18. The van der Waals surface area contributed by atoms with Gasteiger partial charge in [-0.3, -0.25) is 0 Å². The molecule has 0 atom stereocenters. The van der Waals surface area contributed by atoms with Crippen LogP contribution < -0.4 is 4.74 Å². The number of rotatable bonds is 3. The van der Waals surface area contributed by atoms with E-state index >= 15 is 0 Å². The van der Waals surface area contributed by atoms with Gasteiger partial charge in [0.05, 0.1) is 5.57 Å². The second kappa shape index (κ2) is 5.56. The third-order valence-electron chi connectivity index (χ3n) is 2.05. The number of carbonyl (C=O) groups excluding carboxylic acids is 1. The molecule has 1 aromatic carbocycles. The number of hydrogen-bond acceptors (Lipinski definition) is 4. The average Bonchev–Trinajstić information content (AvgIpc) is 2.26. The first kappa shape index (κ1) is 14.8. The monoisotopic (exact) mass is 264 g/mol. The van der Waals surface area contributed by atoms with E-state index in [2.05, 4.69) is 6.58 Å². The zero-order valence-corrected chi connectivity index (χ0v) is 11.1. The molecule has 0 aromatic heterocycles. The molecule has 102 valence electrons. The predicted octanol–water partition coefficient (Wildman–Crippen LogP) is 3.10. The van der Waals surface area contributed by atoms with Gasteiger partial charge in [0.2, 0.25) is 0 Å². The zero-order valence-electron chi connectivity index (χ0n) is 11.1. The van der Waals surface area contributed by atoms with Crippen LogP contribution in [-0.4, -0.2) is 22.8 Å². The van der Waals surface area contributed by atoms with Crippen LogP contribution in [0, 0.1) is 0 Å². The van der Waals surface area contributed by atoms with E-state index in [1.807, 2.05) is 0 Å². The second-order valence-electron chi connectivity index (χ2n) is 4.85. The van der Waals surface area contributed by atoms with E-state index in [1.165, 1.54) is 12.1 Å². The van der Waals surface area contributed by atoms with Gasteiger partial charge in [-0.05, 0) is 26.8 Å². The molecule has 0 spiro atoms. The van der Waals surface area contributed by atoms with Gasteiger partial charge in [0.1, 0.15) is 11.4 Å². The van der Waals surface area contributed by atoms with Gasteiger partial charge in [-0.1, -0.05) is 24.8 Å². The molecule has 0 saturated heterocycles. The van der Waals surface area contributed by atoms with E-state index in [-0.39, 0.29) is 16.9 Å². The number of carboxylic acids is 1. The average molecular weight is 264 g/mol. The van der Waals surface area contributed by atoms with E-state index in [4.69, 9.17) is 14.6 Å². The number of aliphatic carboxylic acids is 1. The molecule has 0 radical (unpaired) electrons. The Hall–Kier alpha value is -2.30. The molecule has 0 unspecified atom stereocenters. The lowest BCUT2D eigenvalue weighted by molar-refractivity contribution is -0.130. The highest BCUT2D eigenvalue weighted by Crippen LogP contribution is 2.25. The fraction of sp³-hybridized carbons (Fsp3) is 0.286. The van der Waals surface area contributed by atoms with Gasteiger partial charge in [-0.25, -0.2) is 9.59 Å². The second-order valence-corrected chi connectivity index (χ2v) is 4.85. The first-order chi connectivity index (χ1) is 8.70. The van der Waals surface area contributed by atoms with Gasteiger partial charge < -0.3 is 14.6 Å². The maximum atomic E-state index is 11.6. The molecule has 0 aliphatic rings. The molecule has 0 aliphatic carbocycles. The molecule has 0 heterocycles. The van der Waals surface area contributed by atoms with E-state index in [9.17, 15) is 9.59 Å². The van der Waals surface area contributed by atoms with Gasteiger partial charge >= 0.3 is 12.1 Å². The third kappa shape index (κ3) is 4.46. The first-order valence-electron chi connectivity index (χ1n) is 5.63. The molecule has 0 aliphatic heterocycles. The number of benzene rings is 1. The molecule has 0 amide bonds. The highest BCUT2D eigenvalue weighted by molar-refractivity contribution is 6.15. The van der Waals surface area contributed by atoms with Crippen LogP contribution in [0.15, 0.2) is 30.8 Å². The van der Waals surface area contributed by atoms with Gasteiger partial charge in [0.15, 0.2) is 0 Å². The van der Waals surface area contributed by atoms with E-state index in [0.717, 1.165) is 0 Å². The molecule has 5 nitrogen and oxygen atoms in total. The van der Waals surface area contributed by atoms with E-state index in [1.54, 1.807) is 32.9 Å². The van der Waals surface area contributed by atoms with E-state index < -0.39 is 17.7 Å². The Bertz CT molecular complexity index is 511. The van der Waals surface area contributed by atoms with Crippen LogP contribution in [0.3, 0.4) is 0 Å². The smallest absolute Gasteiger partial charge is 0.478 e. The molecule has 1 N–H and O–H groups in total. The zero-order chi connectivity index (χ0) is 14.6. The maximum Gasteiger partial charge on any atom is 0.514 e. The summed E-state index contributed by atoms with van der Waals surface area (Å²) in [6, 6.07) is 6.24. The summed E-state index contributed by atoms with van der Waals surface area (Å²) >= 11 is 0. The summed E-state index contributed by atoms with van der Waals surface area (Å²) in [7, 11) is 0. The van der Waals surface area contributed by atoms with Crippen LogP contribution in [0.1, 0.15) is 26.3 Å². The first-order valence-corrected chi connectivity index (χ1v) is 5.63. The Morgan fingerprint density at radius 2 is 1.79 bits per heavy atom. The topological polar surface area (TPSA) is 72.8 Å². The number of carboxylic acid groups (broad SMARTS) is 1. The fourth-order valence-corrected chi connectivity index (χ4v) is 1.28. The molecule has 0 bridgehead atoms. The van der Waals surface area contributed by atoms with Crippen LogP contribution in [0.5, 0.6) is 5.75 Å². The molecular weight excluding hydrogens is 248 g/mol. The van der Waals surface area contributed by atoms with Crippen molar-refractivity contribution >= 4 is 17.7 Å². The van der Waals surface area contributed by atoms with Gasteiger partial charge in [0.25, 0.3) is 0 Å². The largest absolute Gasteiger partial charge is 0.514 e. The Morgan fingerprint density at radius 3 is 2.32 bits per heavy atom. The van der Waals surface area contributed by atoms with Crippen LogP contribution >= 0.6 is 0 Å². The number of hydrogen-bond donors (Lipinski definition) is 1. The summed E-state index contributed by atoms with van der Waals surface area (Å²) in [4.78, 5) is 22.4. The predicted molar refractivity (Wildman–Crippen MR) is 70.0 cm³/mol. The highest BCUT2D eigenvalue weighted by atomic mass is 16.7. The van der Waals surface area contributed by atoms with Crippen LogP contribution in [0.25, 0.3) is 5.57 Å². The standard InChI is InChI=1S/C14H16O5/c1-9(12(15)16)10-7-5-6-8-11(10)18-13(17)19-14(2,3)4/h5-8H,1H2,2-4H3,(H,15,16). The molecule has 1 rings (SSSR count). The summed E-state index contributed by atoms with van der Waals surface area (Å²) in [5.74, 6) is -1.08. The van der Waals surface area contributed by atoms with Crippen molar-refractivity contribution in [2.45, 2.75) is 26.4 Å². The summed E-state index contributed by atoms with van der Waals surface area (Å²) in [5, 5.41) is 8.91. The summed E-state index contributed by atoms with van der Waals surface area (Å²) in [6.07, 6.45) is -0.891. The van der Waals surface area contributed by atoms with Crippen molar-refractivity contribution in [1.82, 2.24) is 0 Å². The lowest BCUT2D eigenvalue weighted by atomic mass is 10.1. The minimum absolute atomic E-state index is 0.101. The Kier molecular flexibility index (Phi) is 4.32. The van der Waals surface area contributed by atoms with Crippen molar-refractivity contribution in [1.29, 1.82) is 0 Å². The number of carbonyl (C=O) groups is 2. The summed E-state index contributed by atoms with van der Waals surface area (Å²) < 4.78 is 10.0. The van der Waals surface area contributed by atoms with Crippen molar-refractivity contribution in [3.05, 3.63) is 36.4 Å². The van der Waals surface area contributed by atoms with Crippen molar-refractivity contribution in [3.8, 4) is 5.75 Å². The Morgan fingerprint density at radius 1 is 1.21 bits per heavy atom. The molecule has 19 heavy (non-hydrogen) atoms. The molecule has 1 aromatic rings. The van der Waals surface area contributed by atoms with Crippen molar-refractivity contribution in [2.24, 2.45) is 0 Å². The van der Waals surface area contributed by atoms with Gasteiger partial charge in [-0.15, -0.1) is 0 Å². The van der Waals surface area contributed by atoms with Crippen molar-refractivity contribution < 1.29 is 24.2 Å². The number of para-hydroxylation sites is 1. The quantitative estimate of drug-likeness (QED) is 0.516. The Labute approximate surface area is 111 Å². The summed E-state index contributed by atoms with van der Waals surface area (Å²) in [6.45, 7) is 8.55. The van der Waals surface area contributed by atoms with E-state index in [0.29, 0.717) is 0 Å². The van der Waals surface area contributed by atoms with Gasteiger partial charge in [0, 0.05) is 5.56 Å². The van der Waals surface area contributed by atoms with Crippen molar-refractivity contribution in [2.75, 3.05) is 0 Å². The minimum Gasteiger partial charge on any atom is -0.478 e. The lowest BCUT2D eigenvalue weighted by Gasteiger charge is -2.19. The van der Waals surface area contributed by atoms with Gasteiger partial charge in [-0.2, -0.15) is 0 Å².